The first-order valence-electron chi connectivity index (χ1n) is 28.4. The molecule has 16 rings (SSSR count). The molecule has 2 heterocycles. The topological polar surface area (TPSA) is 29.5 Å². The second kappa shape index (κ2) is 15.2. The SMILES string of the molecule is CC(C)(C)c1ccc(N(c2ccc3c(c2)C(C)(C)c2cc(-c4ccc5c(c4)C(C)(C)c4ccccc4-5)c4oc5ccccc5c4c2-3)c2ccc3c(c2)C(C)(C)c2c4c(c5oc6ccccc6c5c2-3)-c2ccccc2C4(C)C)cc1. The fraction of sp³-hybridized carbons (Fsp3) is 0.211. The van der Waals surface area contributed by atoms with E-state index in [9.17, 15) is 0 Å². The summed E-state index contributed by atoms with van der Waals surface area (Å²) in [5.74, 6) is 0. The number of para-hydroxylation sites is 2. The summed E-state index contributed by atoms with van der Waals surface area (Å²) in [6, 6.07) is 68.7. The first-order chi connectivity index (χ1) is 37.8. The maximum absolute atomic E-state index is 7.05. The second-order valence-corrected chi connectivity index (χ2v) is 26.4. The van der Waals surface area contributed by atoms with Crippen molar-refractivity contribution in [2.75, 3.05) is 4.90 Å². The molecule has 0 N–H and O–H groups in total. The van der Waals surface area contributed by atoms with E-state index >= 15 is 0 Å². The Morgan fingerprint density at radius 1 is 0.342 bits per heavy atom. The number of anilines is 3. The lowest BCUT2D eigenvalue weighted by Crippen LogP contribution is -2.24. The zero-order chi connectivity index (χ0) is 54.0. The van der Waals surface area contributed by atoms with E-state index in [1.807, 2.05) is 0 Å². The van der Waals surface area contributed by atoms with Crippen LogP contribution in [-0.2, 0) is 27.1 Å². The highest BCUT2D eigenvalue weighted by Gasteiger charge is 2.49. The van der Waals surface area contributed by atoms with Gasteiger partial charge in [-0.05, 0) is 161 Å². The van der Waals surface area contributed by atoms with Crippen molar-refractivity contribution in [2.45, 2.75) is 103 Å². The van der Waals surface area contributed by atoms with E-state index < -0.39 is 0 Å². The molecule has 0 unspecified atom stereocenters. The zero-order valence-corrected chi connectivity index (χ0v) is 47.1. The highest BCUT2D eigenvalue weighted by atomic mass is 16.3. The van der Waals surface area contributed by atoms with Crippen molar-refractivity contribution in [3.63, 3.8) is 0 Å². The lowest BCUT2D eigenvalue weighted by molar-refractivity contribution is 0.590. The molecule has 0 fully saturated rings. The Kier molecular flexibility index (Phi) is 9.00. The van der Waals surface area contributed by atoms with Crippen LogP contribution in [0.3, 0.4) is 0 Å². The summed E-state index contributed by atoms with van der Waals surface area (Å²) in [6.07, 6.45) is 0. The van der Waals surface area contributed by atoms with Gasteiger partial charge in [0.25, 0.3) is 0 Å². The number of benzene rings is 10. The third-order valence-corrected chi connectivity index (χ3v) is 19.6. The van der Waals surface area contributed by atoms with E-state index in [1.165, 1.54) is 116 Å². The summed E-state index contributed by atoms with van der Waals surface area (Å²) < 4.78 is 14.1. The summed E-state index contributed by atoms with van der Waals surface area (Å²) >= 11 is 0. The smallest absolute Gasteiger partial charge is 0.144 e. The molecule has 0 amide bonds. The van der Waals surface area contributed by atoms with Gasteiger partial charge < -0.3 is 13.7 Å². The van der Waals surface area contributed by atoms with E-state index in [1.54, 1.807) is 0 Å². The van der Waals surface area contributed by atoms with Crippen LogP contribution in [0.2, 0.25) is 0 Å². The Bertz CT molecular complexity index is 4690. The predicted molar refractivity (Wildman–Crippen MR) is 330 cm³/mol. The third-order valence-electron chi connectivity index (χ3n) is 19.6. The first kappa shape index (κ1) is 46.7. The van der Waals surface area contributed by atoms with E-state index in [-0.39, 0.29) is 27.1 Å². The second-order valence-electron chi connectivity index (χ2n) is 26.4. The summed E-state index contributed by atoms with van der Waals surface area (Å²) in [7, 11) is 0. The molecule has 0 spiro atoms. The normalized spacial score (nSPS) is 16.2. The minimum atomic E-state index is -0.346. The van der Waals surface area contributed by atoms with Gasteiger partial charge in [-0.1, -0.05) is 197 Å². The highest BCUT2D eigenvalue weighted by molar-refractivity contribution is 6.21. The molecule has 0 bridgehead atoms. The molecule has 384 valence electrons. The highest BCUT2D eigenvalue weighted by Crippen LogP contribution is 2.64. The average Bonchev–Trinajstić information content (AvgIpc) is 2.69. The first-order valence-corrected chi connectivity index (χ1v) is 28.4. The van der Waals surface area contributed by atoms with Crippen LogP contribution in [0.4, 0.5) is 17.1 Å². The number of furan rings is 2. The van der Waals surface area contributed by atoms with Crippen molar-refractivity contribution in [1.82, 2.24) is 0 Å². The van der Waals surface area contributed by atoms with Gasteiger partial charge in [-0.3, -0.25) is 0 Å². The molecule has 2 aromatic heterocycles. The molecule has 4 aliphatic rings. The Hall–Kier alpha value is -8.40. The van der Waals surface area contributed by atoms with Gasteiger partial charge in [0, 0.05) is 71.4 Å². The number of fused-ring (bicyclic) bond motifs is 22. The van der Waals surface area contributed by atoms with Crippen molar-refractivity contribution < 1.29 is 8.83 Å². The van der Waals surface area contributed by atoms with Crippen LogP contribution in [0.1, 0.15) is 126 Å². The Labute approximate surface area is 463 Å². The Morgan fingerprint density at radius 3 is 1.46 bits per heavy atom. The lowest BCUT2D eigenvalue weighted by Gasteiger charge is -2.32. The Balaban J connectivity index is 0.892. The molecule has 0 saturated carbocycles. The van der Waals surface area contributed by atoms with Crippen molar-refractivity contribution in [1.29, 1.82) is 0 Å². The summed E-state index contributed by atoms with van der Waals surface area (Å²) in [5.41, 5.74) is 31.0. The van der Waals surface area contributed by atoms with E-state index in [4.69, 9.17) is 8.83 Å². The summed E-state index contributed by atoms with van der Waals surface area (Å²) in [5, 5.41) is 4.74. The lowest BCUT2D eigenvalue weighted by atomic mass is 9.72. The van der Waals surface area contributed by atoms with Gasteiger partial charge in [0.15, 0.2) is 0 Å². The van der Waals surface area contributed by atoms with E-state index in [0.29, 0.717) is 0 Å². The van der Waals surface area contributed by atoms with Crippen LogP contribution in [0, 0.1) is 0 Å². The Morgan fingerprint density at radius 2 is 0.797 bits per heavy atom. The maximum Gasteiger partial charge on any atom is 0.144 e. The van der Waals surface area contributed by atoms with Crippen LogP contribution >= 0.6 is 0 Å². The maximum atomic E-state index is 7.05. The van der Waals surface area contributed by atoms with Gasteiger partial charge in [-0.25, -0.2) is 0 Å². The van der Waals surface area contributed by atoms with Crippen LogP contribution < -0.4 is 4.90 Å². The number of hydrogen-bond donors (Lipinski definition) is 0. The molecular weight excluding hydrogens is 959 g/mol. The summed E-state index contributed by atoms with van der Waals surface area (Å²) in [6.45, 7) is 26.3. The molecule has 0 saturated heterocycles. The molecule has 79 heavy (non-hydrogen) atoms. The van der Waals surface area contributed by atoms with Gasteiger partial charge in [0.2, 0.25) is 0 Å². The van der Waals surface area contributed by atoms with Crippen LogP contribution in [0.5, 0.6) is 0 Å². The largest absolute Gasteiger partial charge is 0.455 e. The van der Waals surface area contributed by atoms with Gasteiger partial charge in [0.1, 0.15) is 22.3 Å². The quantitative estimate of drug-likeness (QED) is 0.176. The fourth-order valence-corrected chi connectivity index (χ4v) is 15.5. The van der Waals surface area contributed by atoms with Crippen molar-refractivity contribution in [3.8, 4) is 55.6 Å². The third kappa shape index (κ3) is 5.98. The molecule has 0 atom stereocenters. The van der Waals surface area contributed by atoms with Crippen LogP contribution in [0.15, 0.2) is 191 Å². The standard InChI is InChI=1S/C76H63NO2/c1-72(2,3)43-29-31-44(32-30-43)77(46-34-37-51-59(40-46)76(10,11)68-64(51)66-53-23-15-19-27-62(53)79-71(66)67-49-21-13-17-25-56(49)75(8,9)69(67)68)45-33-36-50-58(39-45)74(6,7)60-41-54(70-65(63(50)60)52-22-14-18-26-61(52)78-70)42-28-35-48-47-20-12-16-24-55(47)73(4,5)57(48)38-42/h12-41H,1-11H3. The minimum absolute atomic E-state index is 0.00876. The molecule has 3 nitrogen and oxygen atoms in total. The zero-order valence-electron chi connectivity index (χ0n) is 47.1. The fourth-order valence-electron chi connectivity index (χ4n) is 15.5. The van der Waals surface area contributed by atoms with Crippen LogP contribution in [0.25, 0.3) is 99.5 Å². The number of hydrogen-bond acceptors (Lipinski definition) is 3. The molecule has 12 aromatic rings. The molecule has 3 heteroatoms. The van der Waals surface area contributed by atoms with Crippen molar-refractivity contribution in [2.24, 2.45) is 0 Å². The molecule has 0 aliphatic heterocycles. The van der Waals surface area contributed by atoms with Crippen molar-refractivity contribution >= 4 is 60.9 Å². The predicted octanol–water partition coefficient (Wildman–Crippen LogP) is 21.1. The summed E-state index contributed by atoms with van der Waals surface area (Å²) in [4.78, 5) is 2.51. The van der Waals surface area contributed by atoms with Crippen molar-refractivity contribution in [3.05, 3.63) is 232 Å². The van der Waals surface area contributed by atoms with Gasteiger partial charge in [0.05, 0.1) is 0 Å². The van der Waals surface area contributed by atoms with Gasteiger partial charge in [-0.2, -0.15) is 0 Å². The number of rotatable bonds is 4. The minimum Gasteiger partial charge on any atom is -0.455 e. The van der Waals surface area contributed by atoms with Gasteiger partial charge in [-0.15, -0.1) is 0 Å². The average molecular weight is 1020 g/mol. The monoisotopic (exact) mass is 1020 g/mol. The molecule has 4 aliphatic carbocycles. The van der Waals surface area contributed by atoms with E-state index in [2.05, 4.69) is 263 Å². The van der Waals surface area contributed by atoms with Crippen LogP contribution in [-0.4, -0.2) is 0 Å². The number of nitrogens with zero attached hydrogens (tertiary/aromatic N) is 1. The molecular formula is C76H63NO2. The van der Waals surface area contributed by atoms with Gasteiger partial charge >= 0.3 is 0 Å². The van der Waals surface area contributed by atoms with E-state index in [0.717, 1.165) is 50.3 Å². The molecule has 0 radical (unpaired) electrons. The molecule has 10 aromatic carbocycles.